The number of amides is 1. The number of carbonyl (C=O) groups is 3. The molecule has 8 heteroatoms. The average molecular weight is 382 g/mol. The molecule has 0 saturated carbocycles. The summed E-state index contributed by atoms with van der Waals surface area (Å²) in [5, 5.41) is 0. The van der Waals surface area contributed by atoms with Gasteiger partial charge in [0.2, 0.25) is 11.7 Å². The van der Waals surface area contributed by atoms with E-state index in [9.17, 15) is 14.4 Å². The average Bonchev–Trinajstić information content (AvgIpc) is 3.02. The number of ketones is 1. The number of thiophene rings is 1. The molecule has 3 rings (SSSR count). The van der Waals surface area contributed by atoms with Crippen LogP contribution in [0.4, 0.5) is 5.69 Å². The number of Topliss-reactive ketones (excluding diaryl/α,β-unsaturated/α-hetero) is 1. The molecule has 124 valence electrons. The highest BCUT2D eigenvalue weighted by Crippen LogP contribution is 2.34. The van der Waals surface area contributed by atoms with Crippen molar-refractivity contribution in [1.82, 2.24) is 0 Å². The monoisotopic (exact) mass is 381 g/mol. The number of carbonyl (C=O) groups excluding carboxylic acids is 3. The lowest BCUT2D eigenvalue weighted by Crippen LogP contribution is -2.40. The number of benzene rings is 1. The minimum atomic E-state index is -0.624. The van der Waals surface area contributed by atoms with Crippen LogP contribution in [0.3, 0.4) is 0 Å². The molecular weight excluding hydrogens is 370 g/mol. The number of anilines is 1. The molecule has 1 aliphatic rings. The third kappa shape index (κ3) is 3.80. The van der Waals surface area contributed by atoms with Crippen molar-refractivity contribution in [1.29, 1.82) is 0 Å². The van der Waals surface area contributed by atoms with Gasteiger partial charge in [-0.15, -0.1) is 23.1 Å². The molecule has 0 saturated heterocycles. The van der Waals surface area contributed by atoms with Crippen molar-refractivity contribution in [2.24, 2.45) is 0 Å². The molecule has 2 heterocycles. The molecule has 0 atom stereocenters. The highest BCUT2D eigenvalue weighted by Gasteiger charge is 2.27. The minimum absolute atomic E-state index is 0.160. The Morgan fingerprint density at radius 3 is 2.75 bits per heavy atom. The van der Waals surface area contributed by atoms with E-state index < -0.39 is 5.97 Å². The third-order valence-electron chi connectivity index (χ3n) is 3.31. The van der Waals surface area contributed by atoms with Gasteiger partial charge >= 0.3 is 5.97 Å². The third-order valence-corrected chi connectivity index (χ3v) is 5.63. The summed E-state index contributed by atoms with van der Waals surface area (Å²) in [5.74, 6) is -0.828. The summed E-state index contributed by atoms with van der Waals surface area (Å²) in [4.78, 5) is 38.8. The Balaban J connectivity index is 1.61. The van der Waals surface area contributed by atoms with Gasteiger partial charge < -0.3 is 4.74 Å². The summed E-state index contributed by atoms with van der Waals surface area (Å²) < 4.78 is 5.51. The van der Waals surface area contributed by atoms with Crippen LogP contribution in [0.2, 0.25) is 4.34 Å². The molecular formula is C16H12ClNO4S2. The Hall–Kier alpha value is -1.83. The van der Waals surface area contributed by atoms with E-state index in [0.717, 1.165) is 16.2 Å². The molecule has 0 radical (unpaired) electrons. The normalized spacial score (nSPS) is 13.5. The van der Waals surface area contributed by atoms with Crippen molar-refractivity contribution < 1.29 is 19.1 Å². The van der Waals surface area contributed by atoms with Gasteiger partial charge in [0, 0.05) is 4.90 Å². The molecule has 0 aliphatic carbocycles. The lowest BCUT2D eigenvalue weighted by atomic mass is 10.2. The summed E-state index contributed by atoms with van der Waals surface area (Å²) in [7, 11) is 0. The van der Waals surface area contributed by atoms with Gasteiger partial charge in [-0.3, -0.25) is 19.3 Å². The standard InChI is InChI=1S/C16H12ClNO4S2/c17-14-6-5-13(24-14)11(19)8-22-16(21)7-18-10-3-1-2-4-12(10)23-9-15(18)20/h1-6H,7-9H2. The largest absolute Gasteiger partial charge is 0.456 e. The smallest absolute Gasteiger partial charge is 0.326 e. The first-order chi connectivity index (χ1) is 11.5. The number of halogens is 1. The number of fused-ring (bicyclic) bond motifs is 1. The van der Waals surface area contributed by atoms with Gasteiger partial charge in [0.15, 0.2) is 6.61 Å². The predicted molar refractivity (Wildman–Crippen MR) is 94.1 cm³/mol. The number of esters is 1. The van der Waals surface area contributed by atoms with Crippen molar-refractivity contribution in [2.75, 3.05) is 23.8 Å². The maximum absolute atomic E-state index is 12.1. The van der Waals surface area contributed by atoms with Crippen LogP contribution in [0, 0.1) is 0 Å². The molecule has 1 aromatic heterocycles. The summed E-state index contributed by atoms with van der Waals surface area (Å²) in [6, 6.07) is 10.6. The Kier molecular flexibility index (Phi) is 5.23. The maximum Gasteiger partial charge on any atom is 0.326 e. The molecule has 0 fully saturated rings. The molecule has 1 aliphatic heterocycles. The quantitative estimate of drug-likeness (QED) is 0.587. The Bertz CT molecular complexity index is 805. The fourth-order valence-electron chi connectivity index (χ4n) is 2.18. The number of hydrogen-bond donors (Lipinski definition) is 0. The summed E-state index contributed by atoms with van der Waals surface area (Å²) in [6.45, 7) is -0.580. The summed E-state index contributed by atoms with van der Waals surface area (Å²) >= 11 is 8.34. The second-order valence-electron chi connectivity index (χ2n) is 4.92. The zero-order chi connectivity index (χ0) is 17.1. The van der Waals surface area contributed by atoms with Gasteiger partial charge in [-0.2, -0.15) is 0 Å². The van der Waals surface area contributed by atoms with Gasteiger partial charge in [0.1, 0.15) is 6.54 Å². The lowest BCUT2D eigenvalue weighted by Gasteiger charge is -2.27. The maximum atomic E-state index is 12.1. The van der Waals surface area contributed by atoms with Crippen LogP contribution in [0.15, 0.2) is 41.3 Å². The van der Waals surface area contributed by atoms with Crippen LogP contribution < -0.4 is 4.90 Å². The number of hydrogen-bond acceptors (Lipinski definition) is 6. The number of rotatable bonds is 5. The molecule has 0 N–H and O–H groups in total. The van der Waals surface area contributed by atoms with Crippen molar-refractivity contribution >= 4 is 58.0 Å². The molecule has 24 heavy (non-hydrogen) atoms. The summed E-state index contributed by atoms with van der Waals surface area (Å²) in [5.41, 5.74) is 0.687. The number of ether oxygens (including phenoxy) is 1. The van der Waals surface area contributed by atoms with Crippen molar-refractivity contribution in [3.05, 3.63) is 45.6 Å². The highest BCUT2D eigenvalue weighted by molar-refractivity contribution is 8.00. The molecule has 0 bridgehead atoms. The Labute approximate surface area is 151 Å². The van der Waals surface area contributed by atoms with E-state index in [1.807, 2.05) is 12.1 Å². The van der Waals surface area contributed by atoms with Gasteiger partial charge in [0.25, 0.3) is 0 Å². The SMILES string of the molecule is O=C(CN1C(=O)CSc2ccccc21)OCC(=O)c1ccc(Cl)s1. The lowest BCUT2D eigenvalue weighted by molar-refractivity contribution is -0.141. The van der Waals surface area contributed by atoms with Gasteiger partial charge in [-0.05, 0) is 24.3 Å². The second-order valence-corrected chi connectivity index (χ2v) is 7.66. The predicted octanol–water partition coefficient (Wildman–Crippen LogP) is 3.27. The first-order valence-electron chi connectivity index (χ1n) is 7.01. The molecule has 1 aromatic carbocycles. The van der Waals surface area contributed by atoms with E-state index >= 15 is 0 Å². The van der Waals surface area contributed by atoms with Crippen molar-refractivity contribution in [2.45, 2.75) is 4.90 Å². The van der Waals surface area contributed by atoms with Crippen LogP contribution >= 0.6 is 34.7 Å². The van der Waals surface area contributed by atoms with E-state index in [1.165, 1.54) is 16.7 Å². The van der Waals surface area contributed by atoms with Crippen molar-refractivity contribution in [3.63, 3.8) is 0 Å². The highest BCUT2D eigenvalue weighted by atomic mass is 35.5. The van der Waals surface area contributed by atoms with Gasteiger partial charge in [-0.25, -0.2) is 0 Å². The first-order valence-corrected chi connectivity index (χ1v) is 9.19. The summed E-state index contributed by atoms with van der Waals surface area (Å²) in [6.07, 6.45) is 0. The fourth-order valence-corrected chi connectivity index (χ4v) is 4.09. The fraction of sp³-hybridized carbons (Fsp3) is 0.188. The van der Waals surface area contributed by atoms with Crippen LogP contribution in [0.1, 0.15) is 9.67 Å². The van der Waals surface area contributed by atoms with Crippen LogP contribution in [-0.4, -0.2) is 36.6 Å². The Morgan fingerprint density at radius 2 is 2.00 bits per heavy atom. The van der Waals surface area contributed by atoms with Gasteiger partial charge in [0.05, 0.1) is 20.7 Å². The molecule has 0 spiro atoms. The molecule has 1 amide bonds. The van der Waals surface area contributed by atoms with Gasteiger partial charge in [-0.1, -0.05) is 23.7 Å². The second kappa shape index (κ2) is 7.38. The molecule has 5 nitrogen and oxygen atoms in total. The van der Waals surface area contributed by atoms with E-state index in [0.29, 0.717) is 14.9 Å². The zero-order valence-electron chi connectivity index (χ0n) is 12.4. The topological polar surface area (TPSA) is 63.7 Å². The number of thioether (sulfide) groups is 1. The molecule has 0 unspecified atom stereocenters. The zero-order valence-corrected chi connectivity index (χ0v) is 14.7. The van der Waals surface area contributed by atoms with Crippen molar-refractivity contribution in [3.8, 4) is 0 Å². The van der Waals surface area contributed by atoms with Crippen LogP contribution in [-0.2, 0) is 14.3 Å². The number of para-hydroxylation sites is 1. The van der Waals surface area contributed by atoms with E-state index in [4.69, 9.17) is 16.3 Å². The first kappa shape index (κ1) is 17.0. The van der Waals surface area contributed by atoms with E-state index in [2.05, 4.69) is 0 Å². The van der Waals surface area contributed by atoms with E-state index in [1.54, 1.807) is 24.3 Å². The van der Waals surface area contributed by atoms with Crippen LogP contribution in [0.5, 0.6) is 0 Å². The minimum Gasteiger partial charge on any atom is -0.456 e. The molecule has 2 aromatic rings. The number of nitrogens with zero attached hydrogens (tertiary/aromatic N) is 1. The van der Waals surface area contributed by atoms with Crippen LogP contribution in [0.25, 0.3) is 0 Å². The van der Waals surface area contributed by atoms with E-state index in [-0.39, 0.29) is 30.6 Å². The Morgan fingerprint density at radius 1 is 1.21 bits per heavy atom.